The van der Waals surface area contributed by atoms with Crippen LogP contribution in [0.5, 0.6) is 5.75 Å². The summed E-state index contributed by atoms with van der Waals surface area (Å²) >= 11 is 0. The standard InChI is InChI=1S/C21H27N3O3/c1-6-10-23-17-12-24(14(4)13(2)3)20(25)18(17)19(22-21(23)26)15-8-7-9-16(11-15)27-5/h6-9,11,13-14,19H,1,10,12H2,2-5H3,(H,22,26)/t14-,19+/m0/s1. The molecule has 2 heterocycles. The van der Waals surface area contributed by atoms with Gasteiger partial charge in [-0.15, -0.1) is 6.58 Å². The molecule has 2 aliphatic rings. The number of carbonyl (C=O) groups excluding carboxylic acids is 2. The Morgan fingerprint density at radius 2 is 2.07 bits per heavy atom. The van der Waals surface area contributed by atoms with Gasteiger partial charge in [-0.1, -0.05) is 32.1 Å². The first kappa shape index (κ1) is 19.0. The summed E-state index contributed by atoms with van der Waals surface area (Å²) in [5.41, 5.74) is 2.24. The number of benzene rings is 1. The highest BCUT2D eigenvalue weighted by Crippen LogP contribution is 2.38. The van der Waals surface area contributed by atoms with Gasteiger partial charge in [0.05, 0.1) is 31.0 Å². The molecule has 0 bridgehead atoms. The van der Waals surface area contributed by atoms with Crippen LogP contribution in [-0.2, 0) is 4.79 Å². The maximum atomic E-state index is 13.3. The Bertz CT molecular complexity index is 800. The average Bonchev–Trinajstić information content (AvgIpc) is 3.00. The van der Waals surface area contributed by atoms with E-state index in [4.69, 9.17) is 4.74 Å². The molecule has 27 heavy (non-hydrogen) atoms. The van der Waals surface area contributed by atoms with Crippen LogP contribution in [-0.4, -0.2) is 48.0 Å². The van der Waals surface area contributed by atoms with Crippen molar-refractivity contribution in [2.45, 2.75) is 32.9 Å². The highest BCUT2D eigenvalue weighted by molar-refractivity contribution is 6.01. The van der Waals surface area contributed by atoms with Crippen LogP contribution in [0, 0.1) is 5.92 Å². The molecule has 6 nitrogen and oxygen atoms in total. The van der Waals surface area contributed by atoms with Crippen molar-refractivity contribution in [3.05, 3.63) is 53.8 Å². The molecule has 0 aromatic heterocycles. The third kappa shape index (κ3) is 3.31. The minimum Gasteiger partial charge on any atom is -0.497 e. The molecule has 0 fully saturated rings. The minimum absolute atomic E-state index is 0.0203. The lowest BCUT2D eigenvalue weighted by Gasteiger charge is -2.33. The Morgan fingerprint density at radius 3 is 2.70 bits per heavy atom. The van der Waals surface area contributed by atoms with Gasteiger partial charge in [-0.3, -0.25) is 9.69 Å². The summed E-state index contributed by atoms with van der Waals surface area (Å²) in [6.07, 6.45) is 1.68. The molecule has 1 aromatic carbocycles. The van der Waals surface area contributed by atoms with Gasteiger partial charge in [-0.05, 0) is 30.5 Å². The van der Waals surface area contributed by atoms with Crippen molar-refractivity contribution in [3.63, 3.8) is 0 Å². The van der Waals surface area contributed by atoms with Crippen molar-refractivity contribution in [3.8, 4) is 5.75 Å². The molecule has 0 spiro atoms. The lowest BCUT2D eigenvalue weighted by atomic mass is 9.95. The first-order chi connectivity index (χ1) is 12.9. The third-order valence-corrected chi connectivity index (χ3v) is 5.44. The van der Waals surface area contributed by atoms with E-state index in [1.54, 1.807) is 18.1 Å². The maximum absolute atomic E-state index is 13.3. The zero-order valence-electron chi connectivity index (χ0n) is 16.4. The van der Waals surface area contributed by atoms with Crippen molar-refractivity contribution >= 4 is 11.9 Å². The lowest BCUT2D eigenvalue weighted by Crippen LogP contribution is -2.47. The van der Waals surface area contributed by atoms with Crippen molar-refractivity contribution < 1.29 is 14.3 Å². The second-order valence-corrected chi connectivity index (χ2v) is 7.34. The van der Waals surface area contributed by atoms with Crippen molar-refractivity contribution in [2.24, 2.45) is 5.92 Å². The molecular weight excluding hydrogens is 342 g/mol. The first-order valence-electron chi connectivity index (χ1n) is 9.25. The van der Waals surface area contributed by atoms with Gasteiger partial charge in [0.1, 0.15) is 5.75 Å². The SMILES string of the molecule is C=CCN1C(=O)N[C@H](c2cccc(OC)c2)C2=C1CN([C@@H](C)C(C)C)C2=O. The van der Waals surface area contributed by atoms with Crippen molar-refractivity contribution in [1.29, 1.82) is 0 Å². The Hall–Kier alpha value is -2.76. The maximum Gasteiger partial charge on any atom is 0.322 e. The highest BCUT2D eigenvalue weighted by Gasteiger charge is 2.45. The van der Waals surface area contributed by atoms with Crippen LogP contribution in [0.25, 0.3) is 0 Å². The smallest absolute Gasteiger partial charge is 0.322 e. The van der Waals surface area contributed by atoms with E-state index in [2.05, 4.69) is 32.7 Å². The molecule has 0 unspecified atom stereocenters. The molecule has 3 rings (SSSR count). The highest BCUT2D eigenvalue weighted by atomic mass is 16.5. The Labute approximate surface area is 160 Å². The van der Waals surface area contributed by atoms with Crippen LogP contribution in [0.3, 0.4) is 0 Å². The van der Waals surface area contributed by atoms with E-state index in [-0.39, 0.29) is 18.0 Å². The number of ether oxygens (including phenoxy) is 1. The molecule has 2 atom stereocenters. The predicted molar refractivity (Wildman–Crippen MR) is 104 cm³/mol. The summed E-state index contributed by atoms with van der Waals surface area (Å²) in [5, 5.41) is 2.99. The number of carbonyl (C=O) groups is 2. The number of nitrogens with zero attached hydrogens (tertiary/aromatic N) is 2. The summed E-state index contributed by atoms with van der Waals surface area (Å²) in [5.74, 6) is 0.991. The zero-order valence-corrected chi connectivity index (χ0v) is 16.4. The van der Waals surface area contributed by atoms with Gasteiger partial charge >= 0.3 is 6.03 Å². The molecule has 0 aliphatic carbocycles. The third-order valence-electron chi connectivity index (χ3n) is 5.44. The van der Waals surface area contributed by atoms with Gasteiger partial charge in [0.15, 0.2) is 0 Å². The van der Waals surface area contributed by atoms with Crippen LogP contribution < -0.4 is 10.1 Å². The molecule has 6 heteroatoms. The molecule has 0 saturated carbocycles. The second-order valence-electron chi connectivity index (χ2n) is 7.34. The van der Waals surface area contributed by atoms with Crippen LogP contribution in [0.1, 0.15) is 32.4 Å². The van der Waals surface area contributed by atoms with Crippen molar-refractivity contribution in [1.82, 2.24) is 15.1 Å². The van der Waals surface area contributed by atoms with Gasteiger partial charge in [0.2, 0.25) is 0 Å². The fourth-order valence-electron chi connectivity index (χ4n) is 3.60. The van der Waals surface area contributed by atoms with Gasteiger partial charge in [-0.2, -0.15) is 0 Å². The van der Waals surface area contributed by atoms with E-state index in [1.165, 1.54) is 0 Å². The number of hydrogen-bond donors (Lipinski definition) is 1. The zero-order chi connectivity index (χ0) is 19.7. The molecule has 3 amide bonds. The summed E-state index contributed by atoms with van der Waals surface area (Å²) in [6, 6.07) is 6.86. The average molecular weight is 369 g/mol. The second kappa shape index (κ2) is 7.47. The van der Waals surface area contributed by atoms with E-state index in [9.17, 15) is 9.59 Å². The number of amides is 3. The predicted octanol–water partition coefficient (Wildman–Crippen LogP) is 3.09. The number of rotatable bonds is 6. The van der Waals surface area contributed by atoms with Gasteiger partial charge in [0, 0.05) is 12.6 Å². The Balaban J connectivity index is 2.06. The van der Waals surface area contributed by atoms with E-state index in [0.29, 0.717) is 30.3 Å². The fraction of sp³-hybridized carbons (Fsp3) is 0.429. The Kier molecular flexibility index (Phi) is 5.26. The largest absolute Gasteiger partial charge is 0.497 e. The topological polar surface area (TPSA) is 61.9 Å². The fourth-order valence-corrected chi connectivity index (χ4v) is 3.60. The first-order valence-corrected chi connectivity index (χ1v) is 9.25. The summed E-state index contributed by atoms with van der Waals surface area (Å²) in [6.45, 7) is 10.8. The van der Waals surface area contributed by atoms with E-state index >= 15 is 0 Å². The number of hydrogen-bond acceptors (Lipinski definition) is 3. The quantitative estimate of drug-likeness (QED) is 0.784. The molecule has 1 N–H and O–H groups in total. The molecule has 1 aromatic rings. The van der Waals surface area contributed by atoms with E-state index in [1.807, 2.05) is 29.2 Å². The van der Waals surface area contributed by atoms with Crippen LogP contribution in [0.2, 0.25) is 0 Å². The van der Waals surface area contributed by atoms with Gasteiger partial charge in [0.25, 0.3) is 5.91 Å². The number of urea groups is 1. The van der Waals surface area contributed by atoms with Crippen LogP contribution in [0.4, 0.5) is 4.79 Å². The lowest BCUT2D eigenvalue weighted by molar-refractivity contribution is -0.128. The molecule has 144 valence electrons. The molecule has 2 aliphatic heterocycles. The van der Waals surface area contributed by atoms with Crippen LogP contribution in [0.15, 0.2) is 48.2 Å². The van der Waals surface area contributed by atoms with Crippen molar-refractivity contribution in [2.75, 3.05) is 20.2 Å². The molecular formula is C21H27N3O3. The van der Waals surface area contributed by atoms with E-state index < -0.39 is 6.04 Å². The summed E-state index contributed by atoms with van der Waals surface area (Å²) < 4.78 is 5.31. The van der Waals surface area contributed by atoms with Gasteiger partial charge in [-0.25, -0.2) is 4.79 Å². The number of methoxy groups -OCH3 is 1. The summed E-state index contributed by atoms with van der Waals surface area (Å²) in [4.78, 5) is 29.5. The van der Waals surface area contributed by atoms with Crippen LogP contribution >= 0.6 is 0 Å². The molecule has 0 radical (unpaired) electrons. The summed E-state index contributed by atoms with van der Waals surface area (Å²) in [7, 11) is 1.60. The molecule has 0 saturated heterocycles. The number of nitrogens with one attached hydrogen (secondary N) is 1. The monoisotopic (exact) mass is 369 g/mol. The minimum atomic E-state index is -0.486. The Morgan fingerprint density at radius 1 is 1.33 bits per heavy atom. The van der Waals surface area contributed by atoms with E-state index in [0.717, 1.165) is 11.3 Å². The van der Waals surface area contributed by atoms with Gasteiger partial charge < -0.3 is 15.0 Å². The normalized spacial score (nSPS) is 20.7.